The zero-order valence-corrected chi connectivity index (χ0v) is 18.8. The summed E-state index contributed by atoms with van der Waals surface area (Å²) in [7, 11) is 0. The average molecular weight is 517 g/mol. The third-order valence-corrected chi connectivity index (χ3v) is 3.40. The summed E-state index contributed by atoms with van der Waals surface area (Å²) in [5.74, 6) is -2.60. The number of hydrogen-bond acceptors (Lipinski definition) is 4. The summed E-state index contributed by atoms with van der Waals surface area (Å²) in [4.78, 5) is 20.6. The van der Waals surface area contributed by atoms with Crippen LogP contribution < -0.4 is 10.2 Å². The number of carbonyl (C=O) groups excluding carboxylic acids is 2. The van der Waals surface area contributed by atoms with Crippen molar-refractivity contribution >= 4 is 107 Å². The van der Waals surface area contributed by atoms with Crippen LogP contribution in [0.25, 0.3) is 0 Å². The second-order valence-electron chi connectivity index (χ2n) is 3.82. The van der Waals surface area contributed by atoms with Gasteiger partial charge in [0, 0.05) is 21.2 Å². The number of aromatic carboxylic acids is 2. The zero-order chi connectivity index (χ0) is 16.9. The van der Waals surface area contributed by atoms with Crippen LogP contribution in [0, 0.1) is 0 Å². The van der Waals surface area contributed by atoms with Gasteiger partial charge in [-0.05, 0) is 24.3 Å². The quantitative estimate of drug-likeness (QED) is 0.573. The smallest absolute Gasteiger partial charge is 0.545 e. The Morgan fingerprint density at radius 1 is 0.696 bits per heavy atom. The number of halogens is 4. The molecule has 0 aliphatic rings. The van der Waals surface area contributed by atoms with Gasteiger partial charge in [0.15, 0.2) is 0 Å². The standard InChI is InChI=1S/2C7H4Cl2O2.Ba/c2*8-4-1-2-5(7(10)11)6(9)3-4;/h2*1-3H,(H,10,11);/q;;+2/p-2. The Morgan fingerprint density at radius 3 is 1.22 bits per heavy atom. The molecule has 0 saturated carbocycles. The Hall–Kier alpha value is 0.111. The molecule has 0 fully saturated rings. The van der Waals surface area contributed by atoms with Gasteiger partial charge in [-0.15, -0.1) is 0 Å². The fourth-order valence-corrected chi connectivity index (χ4v) is 2.28. The van der Waals surface area contributed by atoms with E-state index in [9.17, 15) is 19.8 Å². The van der Waals surface area contributed by atoms with E-state index in [2.05, 4.69) is 0 Å². The van der Waals surface area contributed by atoms with Gasteiger partial charge in [0.2, 0.25) is 0 Å². The van der Waals surface area contributed by atoms with E-state index in [0.717, 1.165) is 0 Å². The largest absolute Gasteiger partial charge is 2.00 e. The molecule has 2 rings (SSSR count). The van der Waals surface area contributed by atoms with E-state index < -0.39 is 11.9 Å². The minimum atomic E-state index is -1.30. The summed E-state index contributed by atoms with van der Waals surface area (Å²) in [5, 5.41) is 21.6. The van der Waals surface area contributed by atoms with Crippen molar-refractivity contribution in [3.63, 3.8) is 0 Å². The van der Waals surface area contributed by atoms with Crippen LogP contribution in [-0.2, 0) is 0 Å². The van der Waals surface area contributed by atoms with E-state index in [0.29, 0.717) is 10.0 Å². The molecule has 0 atom stereocenters. The molecule has 0 saturated heterocycles. The Balaban J connectivity index is 0.000000403. The topological polar surface area (TPSA) is 80.3 Å². The van der Waals surface area contributed by atoms with Gasteiger partial charge in [0.25, 0.3) is 0 Å². The fourth-order valence-electron chi connectivity index (χ4n) is 1.31. The Labute approximate surface area is 192 Å². The number of carboxylic acid groups (broad SMARTS) is 2. The van der Waals surface area contributed by atoms with Gasteiger partial charge >= 0.3 is 48.9 Å². The van der Waals surface area contributed by atoms with E-state index in [1.807, 2.05) is 0 Å². The normalized spacial score (nSPS) is 9.22. The predicted molar refractivity (Wildman–Crippen MR) is 87.3 cm³/mol. The molecule has 23 heavy (non-hydrogen) atoms. The third kappa shape index (κ3) is 7.69. The first-order valence-electron chi connectivity index (χ1n) is 5.55. The second kappa shape index (κ2) is 10.9. The SMILES string of the molecule is O=C([O-])c1ccc(Cl)cc1Cl.O=C([O-])c1ccc(Cl)cc1Cl.[Ba+2]. The monoisotopic (exact) mass is 516 g/mol. The van der Waals surface area contributed by atoms with E-state index in [-0.39, 0.29) is 70.1 Å². The van der Waals surface area contributed by atoms with Crippen LogP contribution in [-0.4, -0.2) is 60.8 Å². The van der Waals surface area contributed by atoms with Crippen LogP contribution in [0.2, 0.25) is 20.1 Å². The number of carboxylic acids is 2. The molecule has 0 amide bonds. The maximum atomic E-state index is 10.3. The Morgan fingerprint density at radius 2 is 1.00 bits per heavy atom. The van der Waals surface area contributed by atoms with Gasteiger partial charge in [-0.1, -0.05) is 58.5 Å². The number of benzene rings is 2. The molecule has 0 heterocycles. The summed E-state index contributed by atoms with van der Waals surface area (Å²) in [6.45, 7) is 0. The van der Waals surface area contributed by atoms with Crippen LogP contribution in [0.3, 0.4) is 0 Å². The van der Waals surface area contributed by atoms with Crippen LogP contribution in [0.1, 0.15) is 20.7 Å². The Bertz CT molecular complexity index is 660. The van der Waals surface area contributed by atoms with Gasteiger partial charge < -0.3 is 19.8 Å². The van der Waals surface area contributed by atoms with Gasteiger partial charge in [0.1, 0.15) is 0 Å². The third-order valence-electron chi connectivity index (χ3n) is 2.30. The van der Waals surface area contributed by atoms with Gasteiger partial charge in [0.05, 0.1) is 22.0 Å². The number of hydrogen-bond donors (Lipinski definition) is 0. The maximum Gasteiger partial charge on any atom is 2.00 e. The molecule has 0 unspecified atom stereocenters. The minimum Gasteiger partial charge on any atom is -0.545 e. The summed E-state index contributed by atoms with van der Waals surface area (Å²) in [6.07, 6.45) is 0. The molecule has 116 valence electrons. The first-order chi connectivity index (χ1) is 10.2. The van der Waals surface area contributed by atoms with Gasteiger partial charge in [-0.25, -0.2) is 0 Å². The summed E-state index contributed by atoms with van der Waals surface area (Å²) < 4.78 is 0. The summed E-state index contributed by atoms with van der Waals surface area (Å²) in [5.41, 5.74) is -0.0906. The van der Waals surface area contributed by atoms with Crippen LogP contribution in [0.15, 0.2) is 36.4 Å². The Kier molecular flexibility index (Phi) is 10.9. The first kappa shape index (κ1) is 23.1. The summed E-state index contributed by atoms with van der Waals surface area (Å²) in [6, 6.07) is 8.21. The average Bonchev–Trinajstić information content (AvgIpc) is 2.38. The summed E-state index contributed by atoms with van der Waals surface area (Å²) >= 11 is 22.1. The number of carbonyl (C=O) groups is 2. The zero-order valence-electron chi connectivity index (χ0n) is 11.3. The molecule has 0 spiro atoms. The minimum absolute atomic E-state index is 0. The second-order valence-corrected chi connectivity index (χ2v) is 5.51. The number of rotatable bonds is 2. The molecule has 0 aromatic heterocycles. The molecule has 0 radical (unpaired) electrons. The van der Waals surface area contributed by atoms with E-state index in [1.165, 1.54) is 36.4 Å². The fraction of sp³-hybridized carbons (Fsp3) is 0. The van der Waals surface area contributed by atoms with Crippen molar-refractivity contribution in [1.82, 2.24) is 0 Å². The van der Waals surface area contributed by atoms with E-state index in [1.54, 1.807) is 0 Å². The van der Waals surface area contributed by atoms with E-state index in [4.69, 9.17) is 46.4 Å². The molecular weight excluding hydrogens is 511 g/mol. The van der Waals surface area contributed by atoms with Crippen LogP contribution >= 0.6 is 46.4 Å². The van der Waals surface area contributed by atoms with Crippen molar-refractivity contribution in [2.45, 2.75) is 0 Å². The molecule has 0 bridgehead atoms. The molecule has 9 heteroatoms. The van der Waals surface area contributed by atoms with Crippen molar-refractivity contribution in [1.29, 1.82) is 0 Å². The molecule has 2 aromatic rings. The molecule has 0 N–H and O–H groups in total. The van der Waals surface area contributed by atoms with Gasteiger partial charge in [-0.3, -0.25) is 0 Å². The molecule has 2 aromatic carbocycles. The first-order valence-corrected chi connectivity index (χ1v) is 7.06. The van der Waals surface area contributed by atoms with Crippen molar-refractivity contribution in [2.75, 3.05) is 0 Å². The molecule has 4 nitrogen and oxygen atoms in total. The van der Waals surface area contributed by atoms with Crippen LogP contribution in [0.4, 0.5) is 0 Å². The van der Waals surface area contributed by atoms with E-state index >= 15 is 0 Å². The van der Waals surface area contributed by atoms with Crippen molar-refractivity contribution < 1.29 is 19.8 Å². The molecule has 0 aliphatic carbocycles. The van der Waals surface area contributed by atoms with Crippen molar-refractivity contribution in [3.05, 3.63) is 67.6 Å². The van der Waals surface area contributed by atoms with Crippen molar-refractivity contribution in [3.8, 4) is 0 Å². The van der Waals surface area contributed by atoms with Gasteiger partial charge in [-0.2, -0.15) is 0 Å². The maximum absolute atomic E-state index is 10.3. The van der Waals surface area contributed by atoms with Crippen molar-refractivity contribution in [2.24, 2.45) is 0 Å². The van der Waals surface area contributed by atoms with Crippen LogP contribution in [0.5, 0.6) is 0 Å². The molecule has 0 aliphatic heterocycles. The molecular formula is C14H6BaCl4O4. The predicted octanol–water partition coefficient (Wildman–Crippen LogP) is 2.33.